The van der Waals surface area contributed by atoms with E-state index in [0.717, 1.165) is 45.3 Å². The molecule has 0 bridgehead atoms. The maximum absolute atomic E-state index is 11.6. The zero-order valence-electron chi connectivity index (χ0n) is 13.5. The van der Waals surface area contributed by atoms with Crippen molar-refractivity contribution >= 4 is 17.3 Å². The van der Waals surface area contributed by atoms with Crippen molar-refractivity contribution < 1.29 is 4.92 Å². The Labute approximate surface area is 139 Å². The molecular formula is C15H21N7O2. The van der Waals surface area contributed by atoms with E-state index in [4.69, 9.17) is 0 Å². The van der Waals surface area contributed by atoms with E-state index in [2.05, 4.69) is 20.3 Å². The van der Waals surface area contributed by atoms with Gasteiger partial charge in [0.25, 0.3) is 0 Å². The van der Waals surface area contributed by atoms with Crippen LogP contribution in [0.2, 0.25) is 0 Å². The van der Waals surface area contributed by atoms with Crippen molar-refractivity contribution in [3.8, 4) is 0 Å². The van der Waals surface area contributed by atoms with E-state index in [9.17, 15) is 10.1 Å². The molecule has 0 aliphatic carbocycles. The topological polar surface area (TPSA) is 102 Å². The van der Waals surface area contributed by atoms with E-state index in [-0.39, 0.29) is 10.6 Å². The third kappa shape index (κ3) is 3.79. The molecule has 0 spiro atoms. The van der Waals surface area contributed by atoms with Gasteiger partial charge in [0, 0.05) is 38.6 Å². The lowest BCUT2D eigenvalue weighted by Gasteiger charge is -2.27. The summed E-state index contributed by atoms with van der Waals surface area (Å²) in [5.74, 6) is 0.716. The molecule has 9 nitrogen and oxygen atoms in total. The highest BCUT2D eigenvalue weighted by atomic mass is 16.6. The van der Waals surface area contributed by atoms with Crippen molar-refractivity contribution in [2.45, 2.75) is 32.2 Å². The molecule has 128 valence electrons. The summed E-state index contributed by atoms with van der Waals surface area (Å²) in [7, 11) is 0. The largest absolute Gasteiger partial charge is 0.364 e. The zero-order chi connectivity index (χ0) is 16.8. The number of nitro groups is 1. The van der Waals surface area contributed by atoms with Gasteiger partial charge in [-0.25, -0.2) is 15.0 Å². The molecule has 2 aromatic rings. The molecule has 3 rings (SSSR count). The Bertz CT molecular complexity index is 668. The Morgan fingerprint density at radius 1 is 1.25 bits per heavy atom. The third-order valence-corrected chi connectivity index (χ3v) is 4.09. The lowest BCUT2D eigenvalue weighted by molar-refractivity contribution is -0.383. The Hall–Kier alpha value is -2.71. The first kappa shape index (κ1) is 16.2. The van der Waals surface area contributed by atoms with Crippen LogP contribution in [0.5, 0.6) is 0 Å². The number of anilines is 2. The lowest BCUT2D eigenvalue weighted by Crippen LogP contribution is -2.31. The van der Waals surface area contributed by atoms with Gasteiger partial charge in [-0.05, 0) is 25.7 Å². The number of aryl methyl sites for hydroxylation is 1. The second kappa shape index (κ2) is 7.71. The number of hydrogen-bond donors (Lipinski definition) is 1. The molecular weight excluding hydrogens is 310 g/mol. The number of nitrogens with zero attached hydrogens (tertiary/aromatic N) is 6. The molecule has 1 saturated heterocycles. The number of nitrogens with one attached hydrogen (secondary N) is 1. The molecule has 2 aromatic heterocycles. The minimum Gasteiger partial charge on any atom is -0.364 e. The van der Waals surface area contributed by atoms with Gasteiger partial charge in [-0.2, -0.15) is 0 Å². The predicted octanol–water partition coefficient (Wildman–Crippen LogP) is 2.07. The van der Waals surface area contributed by atoms with Crippen molar-refractivity contribution in [2.75, 3.05) is 29.9 Å². The van der Waals surface area contributed by atoms with Gasteiger partial charge in [0.15, 0.2) is 0 Å². The number of hydrogen-bond acceptors (Lipinski definition) is 7. The van der Waals surface area contributed by atoms with E-state index in [1.807, 2.05) is 15.7 Å². The number of rotatable bonds is 7. The second-order valence-electron chi connectivity index (χ2n) is 5.78. The van der Waals surface area contributed by atoms with Crippen LogP contribution in [-0.2, 0) is 6.54 Å². The standard InChI is InChI=1S/C15H21N7O2/c23-22(24)13-14(17-5-4-7-20-10-6-16-12-20)18-11-19-15(13)21-8-2-1-3-9-21/h6,10-12H,1-5,7-9H2,(H,17,18,19). The minimum atomic E-state index is -0.387. The number of aromatic nitrogens is 4. The fourth-order valence-electron chi connectivity index (χ4n) is 2.89. The van der Waals surface area contributed by atoms with E-state index in [1.165, 1.54) is 6.33 Å². The average molecular weight is 331 g/mol. The first-order valence-corrected chi connectivity index (χ1v) is 8.19. The molecule has 0 amide bonds. The summed E-state index contributed by atoms with van der Waals surface area (Å²) in [5, 5.41) is 14.6. The third-order valence-electron chi connectivity index (χ3n) is 4.09. The molecule has 0 saturated carbocycles. The fraction of sp³-hybridized carbons (Fsp3) is 0.533. The van der Waals surface area contributed by atoms with Crippen molar-refractivity contribution in [1.82, 2.24) is 19.5 Å². The zero-order valence-corrected chi connectivity index (χ0v) is 13.5. The van der Waals surface area contributed by atoms with Gasteiger partial charge in [0.05, 0.1) is 11.3 Å². The Balaban J connectivity index is 1.68. The Morgan fingerprint density at radius 3 is 2.79 bits per heavy atom. The SMILES string of the molecule is O=[N+]([O-])c1c(NCCCn2ccnc2)ncnc1N1CCCCC1. The molecule has 1 fully saturated rings. The predicted molar refractivity (Wildman–Crippen MR) is 90.1 cm³/mol. The summed E-state index contributed by atoms with van der Waals surface area (Å²) in [5.41, 5.74) is -0.0259. The first-order valence-electron chi connectivity index (χ1n) is 8.19. The van der Waals surface area contributed by atoms with Gasteiger partial charge in [0.2, 0.25) is 11.6 Å². The van der Waals surface area contributed by atoms with E-state index < -0.39 is 0 Å². The van der Waals surface area contributed by atoms with Crippen molar-refractivity contribution in [1.29, 1.82) is 0 Å². The summed E-state index contributed by atoms with van der Waals surface area (Å²) in [6, 6.07) is 0. The van der Waals surface area contributed by atoms with Crippen LogP contribution in [0.4, 0.5) is 17.3 Å². The highest BCUT2D eigenvalue weighted by Gasteiger charge is 2.27. The van der Waals surface area contributed by atoms with Crippen molar-refractivity contribution in [2.24, 2.45) is 0 Å². The van der Waals surface area contributed by atoms with Crippen LogP contribution >= 0.6 is 0 Å². The van der Waals surface area contributed by atoms with Gasteiger partial charge < -0.3 is 14.8 Å². The van der Waals surface area contributed by atoms with Gasteiger partial charge in [-0.1, -0.05) is 0 Å². The summed E-state index contributed by atoms with van der Waals surface area (Å²) >= 11 is 0. The van der Waals surface area contributed by atoms with E-state index in [0.29, 0.717) is 18.2 Å². The molecule has 0 unspecified atom stereocenters. The first-order chi connectivity index (χ1) is 11.8. The average Bonchev–Trinajstić information content (AvgIpc) is 3.12. The van der Waals surface area contributed by atoms with Crippen LogP contribution in [0.1, 0.15) is 25.7 Å². The molecule has 0 atom stereocenters. The maximum atomic E-state index is 11.6. The van der Waals surface area contributed by atoms with Crippen LogP contribution in [0.25, 0.3) is 0 Å². The van der Waals surface area contributed by atoms with Gasteiger partial charge in [-0.15, -0.1) is 0 Å². The molecule has 0 aromatic carbocycles. The fourth-order valence-corrected chi connectivity index (χ4v) is 2.89. The molecule has 1 aliphatic rings. The van der Waals surface area contributed by atoms with Gasteiger partial charge in [0.1, 0.15) is 6.33 Å². The molecule has 0 radical (unpaired) electrons. The van der Waals surface area contributed by atoms with Crippen LogP contribution in [-0.4, -0.2) is 44.1 Å². The Kier molecular flexibility index (Phi) is 5.19. The monoisotopic (exact) mass is 331 g/mol. The summed E-state index contributed by atoms with van der Waals surface area (Å²) in [4.78, 5) is 25.4. The quantitative estimate of drug-likeness (QED) is 0.471. The highest BCUT2D eigenvalue weighted by Crippen LogP contribution is 2.33. The van der Waals surface area contributed by atoms with Crippen LogP contribution in [0.3, 0.4) is 0 Å². The van der Waals surface area contributed by atoms with Crippen LogP contribution in [0, 0.1) is 10.1 Å². The number of piperidine rings is 1. The molecule has 1 N–H and O–H groups in total. The van der Waals surface area contributed by atoms with Crippen molar-refractivity contribution in [3.05, 3.63) is 35.2 Å². The highest BCUT2D eigenvalue weighted by molar-refractivity contribution is 5.70. The van der Waals surface area contributed by atoms with Crippen LogP contribution in [0.15, 0.2) is 25.0 Å². The molecule has 1 aliphatic heterocycles. The van der Waals surface area contributed by atoms with Crippen molar-refractivity contribution in [3.63, 3.8) is 0 Å². The summed E-state index contributed by atoms with van der Waals surface area (Å²) < 4.78 is 1.97. The Morgan fingerprint density at radius 2 is 2.08 bits per heavy atom. The lowest BCUT2D eigenvalue weighted by atomic mass is 10.1. The number of imidazole rings is 1. The van der Waals surface area contributed by atoms with Gasteiger partial charge >= 0.3 is 5.69 Å². The minimum absolute atomic E-state index is 0.0259. The van der Waals surface area contributed by atoms with Gasteiger partial charge in [-0.3, -0.25) is 10.1 Å². The second-order valence-corrected chi connectivity index (χ2v) is 5.78. The normalized spacial score (nSPS) is 14.6. The molecule has 3 heterocycles. The van der Waals surface area contributed by atoms with E-state index >= 15 is 0 Å². The smallest absolute Gasteiger partial charge is 0.353 e. The summed E-state index contributed by atoms with van der Waals surface area (Å²) in [6.07, 6.45) is 10.8. The molecule has 24 heavy (non-hydrogen) atoms. The molecule has 9 heteroatoms. The van der Waals surface area contributed by atoms with Crippen LogP contribution < -0.4 is 10.2 Å². The summed E-state index contributed by atoms with van der Waals surface area (Å²) in [6.45, 7) is 3.00. The maximum Gasteiger partial charge on any atom is 0.353 e. The van der Waals surface area contributed by atoms with E-state index in [1.54, 1.807) is 12.5 Å².